The van der Waals surface area contributed by atoms with Crippen molar-refractivity contribution in [3.63, 3.8) is 0 Å². The lowest BCUT2D eigenvalue weighted by molar-refractivity contribution is -0.134. The van der Waals surface area contributed by atoms with E-state index in [0.29, 0.717) is 19.6 Å². The Balaban J connectivity index is 1.37. The Kier molecular flexibility index (Phi) is 8.86. The van der Waals surface area contributed by atoms with E-state index < -0.39 is 10.0 Å². The van der Waals surface area contributed by atoms with E-state index in [4.69, 9.17) is 4.74 Å². The Hall–Kier alpha value is -2.01. The predicted octanol–water partition coefficient (Wildman–Crippen LogP) is 0.914. The van der Waals surface area contributed by atoms with E-state index in [1.807, 2.05) is 0 Å². The van der Waals surface area contributed by atoms with Gasteiger partial charge in [0.25, 0.3) is 0 Å². The van der Waals surface area contributed by atoms with Crippen molar-refractivity contribution in [3.8, 4) is 0 Å². The van der Waals surface area contributed by atoms with Gasteiger partial charge in [-0.3, -0.25) is 14.5 Å². The number of nitrogens with zero attached hydrogens (tertiary/aromatic N) is 3. The van der Waals surface area contributed by atoms with Crippen LogP contribution >= 0.6 is 0 Å². The number of morpholine rings is 1. The van der Waals surface area contributed by atoms with Crippen LogP contribution < -0.4 is 5.32 Å². The predicted molar refractivity (Wildman–Crippen MR) is 125 cm³/mol. The van der Waals surface area contributed by atoms with Gasteiger partial charge in [-0.1, -0.05) is 18.2 Å². The van der Waals surface area contributed by atoms with Crippen molar-refractivity contribution in [2.24, 2.45) is 0 Å². The van der Waals surface area contributed by atoms with E-state index >= 15 is 0 Å². The lowest BCUT2D eigenvalue weighted by atomic mass is 10.1. The Morgan fingerprint density at radius 1 is 1.03 bits per heavy atom. The average molecular weight is 481 g/mol. The van der Waals surface area contributed by atoms with Crippen molar-refractivity contribution in [1.29, 1.82) is 0 Å². The molecule has 2 amide bonds. The van der Waals surface area contributed by atoms with Crippen molar-refractivity contribution in [2.45, 2.75) is 56.8 Å². The molecule has 9 nitrogen and oxygen atoms in total. The number of piperazine rings is 1. The highest BCUT2D eigenvalue weighted by Gasteiger charge is 2.30. The first-order valence-electron chi connectivity index (χ1n) is 11.7. The molecule has 0 bridgehead atoms. The second-order valence-corrected chi connectivity index (χ2v) is 10.9. The largest absolute Gasteiger partial charge is 0.373 e. The van der Waals surface area contributed by atoms with Gasteiger partial charge in [-0.15, -0.1) is 0 Å². The van der Waals surface area contributed by atoms with Gasteiger partial charge in [-0.05, 0) is 32.9 Å². The summed E-state index contributed by atoms with van der Waals surface area (Å²) in [5, 5.41) is 2.93. The van der Waals surface area contributed by atoms with Gasteiger partial charge in [0.1, 0.15) is 0 Å². The monoisotopic (exact) mass is 480 g/mol. The second kappa shape index (κ2) is 11.4. The van der Waals surface area contributed by atoms with Gasteiger partial charge in [0.15, 0.2) is 0 Å². The van der Waals surface area contributed by atoms with Crippen LogP contribution in [0.25, 0.3) is 0 Å². The average Bonchev–Trinajstić information content (AvgIpc) is 2.81. The molecular weight excluding hydrogens is 444 g/mol. The lowest BCUT2D eigenvalue weighted by Gasteiger charge is -2.39. The van der Waals surface area contributed by atoms with Gasteiger partial charge in [0, 0.05) is 64.7 Å². The minimum atomic E-state index is -3.55. The van der Waals surface area contributed by atoms with E-state index in [0.717, 1.165) is 13.1 Å². The maximum absolute atomic E-state index is 12.7. The van der Waals surface area contributed by atoms with E-state index in [1.54, 1.807) is 35.2 Å². The molecule has 0 radical (unpaired) electrons. The minimum Gasteiger partial charge on any atom is -0.373 e. The summed E-state index contributed by atoms with van der Waals surface area (Å²) in [5.74, 6) is -0.263. The molecule has 0 saturated carbocycles. The van der Waals surface area contributed by atoms with Gasteiger partial charge >= 0.3 is 0 Å². The number of nitrogens with one attached hydrogen (secondary N) is 1. The minimum absolute atomic E-state index is 0.120. The third-order valence-corrected chi connectivity index (χ3v) is 8.12. The second-order valence-electron chi connectivity index (χ2n) is 8.96. The van der Waals surface area contributed by atoms with Crippen LogP contribution in [0.1, 0.15) is 33.6 Å². The summed E-state index contributed by atoms with van der Waals surface area (Å²) >= 11 is 0. The molecule has 2 aliphatic rings. The molecule has 0 spiro atoms. The fourth-order valence-electron chi connectivity index (χ4n) is 4.35. The fourth-order valence-corrected chi connectivity index (χ4v) is 5.80. The molecule has 3 atom stereocenters. The molecule has 3 rings (SSSR count). The molecule has 1 N–H and O–H groups in total. The molecule has 1 aromatic carbocycles. The van der Waals surface area contributed by atoms with E-state index in [9.17, 15) is 18.0 Å². The van der Waals surface area contributed by atoms with Crippen LogP contribution in [0.15, 0.2) is 35.2 Å². The Bertz CT molecular complexity index is 893. The number of rotatable bonds is 8. The molecule has 2 saturated heterocycles. The molecule has 33 heavy (non-hydrogen) atoms. The Labute approximate surface area is 197 Å². The first-order chi connectivity index (χ1) is 15.7. The fraction of sp³-hybridized carbons (Fsp3) is 0.652. The quantitative estimate of drug-likeness (QED) is 0.594. The van der Waals surface area contributed by atoms with Crippen LogP contribution in [0.2, 0.25) is 0 Å². The summed E-state index contributed by atoms with van der Waals surface area (Å²) in [6.07, 6.45) is 0.599. The van der Waals surface area contributed by atoms with Crippen LogP contribution in [0, 0.1) is 0 Å². The molecule has 0 aliphatic carbocycles. The number of sulfonamides is 1. The van der Waals surface area contributed by atoms with Gasteiger partial charge in [-0.25, -0.2) is 8.42 Å². The first kappa shape index (κ1) is 25.6. The molecule has 3 unspecified atom stereocenters. The Morgan fingerprint density at radius 2 is 1.64 bits per heavy atom. The van der Waals surface area contributed by atoms with Crippen molar-refractivity contribution in [3.05, 3.63) is 30.3 Å². The van der Waals surface area contributed by atoms with Crippen LogP contribution in [-0.4, -0.2) is 98.4 Å². The van der Waals surface area contributed by atoms with Crippen LogP contribution in [-0.2, 0) is 24.3 Å². The molecule has 1 aromatic rings. The maximum atomic E-state index is 12.7. The third kappa shape index (κ3) is 6.99. The van der Waals surface area contributed by atoms with Gasteiger partial charge < -0.3 is 15.0 Å². The third-order valence-electron chi connectivity index (χ3n) is 6.20. The zero-order valence-electron chi connectivity index (χ0n) is 19.8. The summed E-state index contributed by atoms with van der Waals surface area (Å²) in [4.78, 5) is 29.0. The zero-order chi connectivity index (χ0) is 24.0. The van der Waals surface area contributed by atoms with E-state index in [-0.39, 0.29) is 60.9 Å². The molecule has 2 fully saturated rings. The van der Waals surface area contributed by atoms with Gasteiger partial charge in [0.2, 0.25) is 21.8 Å². The van der Waals surface area contributed by atoms with E-state index in [2.05, 4.69) is 31.0 Å². The number of ether oxygens (including phenoxy) is 1. The molecule has 0 aromatic heterocycles. The van der Waals surface area contributed by atoms with Crippen molar-refractivity contribution < 1.29 is 22.7 Å². The van der Waals surface area contributed by atoms with Crippen molar-refractivity contribution >= 4 is 21.8 Å². The first-order valence-corrected chi connectivity index (χ1v) is 13.1. The number of carbonyl (C=O) groups is 2. The number of carbonyl (C=O) groups excluding carboxylic acids is 2. The zero-order valence-corrected chi connectivity index (χ0v) is 20.6. The standard InChI is InChI=1S/C23H36N4O5S/c1-18(26-16-19(2)32-20(3)17-26)15-24-22(28)9-10-23(29)25-11-13-27(14-12-25)33(30,31)21-7-5-4-6-8-21/h4-8,18-20H,9-17H2,1-3H3,(H,24,28). The lowest BCUT2D eigenvalue weighted by Crippen LogP contribution is -2.52. The number of amides is 2. The van der Waals surface area contributed by atoms with Crippen molar-refractivity contribution in [2.75, 3.05) is 45.8 Å². The molecule has 184 valence electrons. The Morgan fingerprint density at radius 3 is 2.24 bits per heavy atom. The molecular formula is C23H36N4O5S. The normalized spacial score (nSPS) is 23.8. The smallest absolute Gasteiger partial charge is 0.243 e. The summed E-state index contributed by atoms with van der Waals surface area (Å²) in [5.41, 5.74) is 0. The topological polar surface area (TPSA) is 99.3 Å². The molecule has 2 heterocycles. The van der Waals surface area contributed by atoms with Crippen LogP contribution in [0.3, 0.4) is 0 Å². The molecule has 10 heteroatoms. The van der Waals surface area contributed by atoms with Gasteiger partial charge in [0.05, 0.1) is 17.1 Å². The van der Waals surface area contributed by atoms with Crippen LogP contribution in [0.4, 0.5) is 0 Å². The van der Waals surface area contributed by atoms with Gasteiger partial charge in [-0.2, -0.15) is 4.31 Å². The summed E-state index contributed by atoms with van der Waals surface area (Å²) in [6.45, 7) is 9.56. The summed E-state index contributed by atoms with van der Waals surface area (Å²) in [6, 6.07) is 8.51. The molecule has 2 aliphatic heterocycles. The summed E-state index contributed by atoms with van der Waals surface area (Å²) < 4.78 is 32.6. The summed E-state index contributed by atoms with van der Waals surface area (Å²) in [7, 11) is -3.55. The maximum Gasteiger partial charge on any atom is 0.243 e. The number of benzene rings is 1. The highest BCUT2D eigenvalue weighted by atomic mass is 32.2. The SMILES string of the molecule is CC1CN(C(C)CNC(=O)CCC(=O)N2CCN(S(=O)(=O)c3ccccc3)CC2)CC(C)O1. The highest BCUT2D eigenvalue weighted by Crippen LogP contribution is 2.18. The van der Waals surface area contributed by atoms with Crippen LogP contribution in [0.5, 0.6) is 0 Å². The number of hydrogen-bond donors (Lipinski definition) is 1. The highest BCUT2D eigenvalue weighted by molar-refractivity contribution is 7.89. The van der Waals surface area contributed by atoms with E-state index in [1.165, 1.54) is 4.31 Å². The van der Waals surface area contributed by atoms with Crippen molar-refractivity contribution in [1.82, 2.24) is 19.4 Å². The number of hydrogen-bond acceptors (Lipinski definition) is 6.